The van der Waals surface area contributed by atoms with E-state index in [0.717, 1.165) is 10.8 Å². The van der Waals surface area contributed by atoms with Gasteiger partial charge in [-0.1, -0.05) is 42.5 Å². The van der Waals surface area contributed by atoms with Crippen molar-refractivity contribution in [2.75, 3.05) is 0 Å². The summed E-state index contributed by atoms with van der Waals surface area (Å²) in [7, 11) is -11.1. The van der Waals surface area contributed by atoms with Gasteiger partial charge in [0.2, 0.25) is 0 Å². The van der Waals surface area contributed by atoms with Crippen LogP contribution in [0.25, 0.3) is 10.8 Å². The minimum absolute atomic E-state index is 0.339. The molecule has 2 rings (SSSR count). The standard InChI is InChI=1S/C12H15NO7P2/c14-12(21(15,16)17,22(18,19)20)13-8-10-6-3-5-9-4-1-2-7-11(9)10/h1-7,13-14H,8H2,(H2,15,16,17)(H2,18,19,20). The van der Waals surface area contributed by atoms with E-state index in [9.17, 15) is 14.2 Å². The Balaban J connectivity index is 2.38. The van der Waals surface area contributed by atoms with Gasteiger partial charge < -0.3 is 24.7 Å². The van der Waals surface area contributed by atoms with E-state index in [2.05, 4.69) is 0 Å². The number of fused-ring (bicyclic) bond motifs is 1. The summed E-state index contributed by atoms with van der Waals surface area (Å²) >= 11 is 0. The molecule has 8 nitrogen and oxygen atoms in total. The van der Waals surface area contributed by atoms with Crippen molar-refractivity contribution in [1.82, 2.24) is 5.32 Å². The quantitative estimate of drug-likeness (QED) is 0.345. The van der Waals surface area contributed by atoms with Crippen LogP contribution in [0, 0.1) is 0 Å². The molecular formula is C12H15NO7P2. The second-order valence-electron chi connectivity index (χ2n) is 4.72. The molecule has 6 N–H and O–H groups in total. The van der Waals surface area contributed by atoms with Crippen LogP contribution in [-0.2, 0) is 15.7 Å². The van der Waals surface area contributed by atoms with E-state index in [1.807, 2.05) is 17.4 Å². The smallest absolute Gasteiger partial charge is 0.356 e. The molecule has 2 aromatic carbocycles. The van der Waals surface area contributed by atoms with Crippen molar-refractivity contribution in [2.24, 2.45) is 0 Å². The fourth-order valence-electron chi connectivity index (χ4n) is 2.04. The van der Waals surface area contributed by atoms with Crippen molar-refractivity contribution in [3.8, 4) is 0 Å². The third-order valence-electron chi connectivity index (χ3n) is 3.21. The van der Waals surface area contributed by atoms with Crippen LogP contribution >= 0.6 is 15.2 Å². The maximum absolute atomic E-state index is 11.3. The highest BCUT2D eigenvalue weighted by atomic mass is 31.2. The van der Waals surface area contributed by atoms with Gasteiger partial charge in [-0.2, -0.15) is 0 Å². The molecule has 0 atom stereocenters. The summed E-state index contributed by atoms with van der Waals surface area (Å²) in [5.41, 5.74) is 0.526. The van der Waals surface area contributed by atoms with E-state index in [1.165, 1.54) is 0 Å². The summed E-state index contributed by atoms with van der Waals surface area (Å²) < 4.78 is 22.5. The zero-order chi connectivity index (χ0) is 16.6. The molecular weight excluding hydrogens is 332 g/mol. The van der Waals surface area contributed by atoms with Crippen molar-refractivity contribution in [3.63, 3.8) is 0 Å². The predicted molar refractivity (Wildman–Crippen MR) is 79.8 cm³/mol. The van der Waals surface area contributed by atoms with E-state index in [4.69, 9.17) is 19.6 Å². The molecule has 0 fully saturated rings. The molecule has 0 radical (unpaired) electrons. The SMILES string of the molecule is O=P(O)(O)C(O)(NCc1cccc2ccccc12)P(=O)(O)O. The first-order chi connectivity index (χ1) is 10.1. The number of hydrogen-bond acceptors (Lipinski definition) is 4. The van der Waals surface area contributed by atoms with Crippen LogP contribution in [0.15, 0.2) is 42.5 Å². The molecule has 0 saturated heterocycles. The van der Waals surface area contributed by atoms with E-state index in [0.29, 0.717) is 5.56 Å². The Labute approximate surface area is 125 Å². The van der Waals surface area contributed by atoms with E-state index >= 15 is 0 Å². The van der Waals surface area contributed by atoms with Gasteiger partial charge in [0.05, 0.1) is 0 Å². The Morgan fingerprint density at radius 2 is 1.45 bits per heavy atom. The van der Waals surface area contributed by atoms with E-state index < -0.39 is 20.4 Å². The van der Waals surface area contributed by atoms with Gasteiger partial charge in [0.25, 0.3) is 0 Å². The minimum Gasteiger partial charge on any atom is -0.356 e. The zero-order valence-corrected chi connectivity index (χ0v) is 13.0. The molecule has 0 aliphatic carbocycles. The van der Waals surface area contributed by atoms with Crippen molar-refractivity contribution >= 4 is 26.0 Å². The Hall–Kier alpha value is -1.08. The predicted octanol–water partition coefficient (Wildman–Crippen LogP) is 0.888. The minimum atomic E-state index is -5.53. The fourth-order valence-corrected chi connectivity index (χ4v) is 3.96. The molecule has 0 saturated carbocycles. The molecule has 10 heteroatoms. The molecule has 2 aromatic rings. The van der Waals surface area contributed by atoms with Crippen LogP contribution in [0.1, 0.15) is 5.56 Å². The van der Waals surface area contributed by atoms with Crippen LogP contribution in [0.2, 0.25) is 0 Å². The van der Waals surface area contributed by atoms with Gasteiger partial charge in [0.1, 0.15) is 0 Å². The van der Waals surface area contributed by atoms with Gasteiger partial charge in [-0.05, 0) is 16.3 Å². The zero-order valence-electron chi connectivity index (χ0n) is 11.2. The lowest BCUT2D eigenvalue weighted by atomic mass is 10.0. The lowest BCUT2D eigenvalue weighted by Gasteiger charge is -2.30. The molecule has 0 amide bonds. The van der Waals surface area contributed by atoms with Crippen LogP contribution in [0.5, 0.6) is 0 Å². The highest BCUT2D eigenvalue weighted by Gasteiger charge is 2.59. The van der Waals surface area contributed by atoms with Gasteiger partial charge in [0.15, 0.2) is 0 Å². The lowest BCUT2D eigenvalue weighted by molar-refractivity contribution is 0.0997. The highest BCUT2D eigenvalue weighted by molar-refractivity contribution is 7.71. The number of nitrogens with one attached hydrogen (secondary N) is 1. The van der Waals surface area contributed by atoms with Crippen LogP contribution < -0.4 is 5.32 Å². The van der Waals surface area contributed by atoms with E-state index in [-0.39, 0.29) is 6.54 Å². The second-order valence-corrected chi connectivity index (χ2v) is 8.54. The summed E-state index contributed by atoms with van der Waals surface area (Å²) in [4.78, 5) is 36.3. The molecule has 0 aliphatic heterocycles. The molecule has 0 heterocycles. The average molecular weight is 347 g/mol. The summed E-state index contributed by atoms with van der Waals surface area (Å²) in [6, 6.07) is 12.3. The number of rotatable bonds is 5. The lowest BCUT2D eigenvalue weighted by Crippen LogP contribution is -2.44. The largest absolute Gasteiger partial charge is 0.384 e. The Morgan fingerprint density at radius 3 is 2.05 bits per heavy atom. The monoisotopic (exact) mass is 347 g/mol. The topological polar surface area (TPSA) is 147 Å². The van der Waals surface area contributed by atoms with Gasteiger partial charge in [-0.3, -0.25) is 14.4 Å². The van der Waals surface area contributed by atoms with Gasteiger partial charge >= 0.3 is 20.4 Å². The number of aliphatic hydroxyl groups is 1. The second kappa shape index (κ2) is 5.85. The molecule has 0 spiro atoms. The maximum Gasteiger partial charge on any atom is 0.384 e. The average Bonchev–Trinajstić information content (AvgIpc) is 2.42. The Morgan fingerprint density at radius 1 is 0.909 bits per heavy atom. The summed E-state index contributed by atoms with van der Waals surface area (Å²) in [5.74, 6) is 0. The van der Waals surface area contributed by atoms with Crippen molar-refractivity contribution in [2.45, 2.75) is 11.8 Å². The first kappa shape index (κ1) is 17.3. The van der Waals surface area contributed by atoms with Crippen LogP contribution in [0.4, 0.5) is 0 Å². The van der Waals surface area contributed by atoms with E-state index in [1.54, 1.807) is 30.3 Å². The van der Waals surface area contributed by atoms with Crippen molar-refractivity contribution in [3.05, 3.63) is 48.0 Å². The molecule has 0 bridgehead atoms. The summed E-state index contributed by atoms with van der Waals surface area (Å²) in [6.45, 7) is -0.339. The first-order valence-corrected chi connectivity index (χ1v) is 9.34. The van der Waals surface area contributed by atoms with Crippen LogP contribution in [-0.4, -0.2) is 29.9 Å². The maximum atomic E-state index is 11.3. The third-order valence-corrected chi connectivity index (χ3v) is 6.71. The summed E-state index contributed by atoms with van der Waals surface area (Å²) in [6.07, 6.45) is 0. The Bertz CT molecular complexity index is 755. The first-order valence-electron chi connectivity index (χ1n) is 6.11. The molecule has 0 unspecified atom stereocenters. The molecule has 0 aliphatic rings. The van der Waals surface area contributed by atoms with Crippen molar-refractivity contribution < 1.29 is 33.8 Å². The molecule has 22 heavy (non-hydrogen) atoms. The van der Waals surface area contributed by atoms with Gasteiger partial charge in [-0.15, -0.1) is 0 Å². The highest BCUT2D eigenvalue weighted by Crippen LogP contribution is 2.65. The van der Waals surface area contributed by atoms with Gasteiger partial charge in [-0.25, -0.2) is 0 Å². The normalized spacial score (nSPS) is 13.5. The number of hydrogen-bond donors (Lipinski definition) is 6. The molecule has 0 aromatic heterocycles. The number of benzene rings is 2. The van der Waals surface area contributed by atoms with Crippen LogP contribution in [0.3, 0.4) is 0 Å². The third kappa shape index (κ3) is 3.15. The Kier molecular flexibility index (Phi) is 4.59. The van der Waals surface area contributed by atoms with Crippen molar-refractivity contribution in [1.29, 1.82) is 0 Å². The molecule has 120 valence electrons. The van der Waals surface area contributed by atoms with Gasteiger partial charge in [0, 0.05) is 6.54 Å². The summed E-state index contributed by atoms with van der Waals surface area (Å²) in [5, 5.41) is 9.64. The fraction of sp³-hybridized carbons (Fsp3) is 0.167.